The van der Waals surface area contributed by atoms with Gasteiger partial charge in [0.25, 0.3) is 11.8 Å². The molecule has 4 heterocycles. The smallest absolute Gasteiger partial charge is 0.264 e. The van der Waals surface area contributed by atoms with E-state index in [0.29, 0.717) is 12.2 Å². The second-order valence-electron chi connectivity index (χ2n) is 11.1. The highest BCUT2D eigenvalue weighted by Gasteiger charge is 2.45. The fourth-order valence-electron chi connectivity index (χ4n) is 6.10. The number of amides is 4. The molecule has 0 bridgehead atoms. The Labute approximate surface area is 247 Å². The van der Waals surface area contributed by atoms with E-state index < -0.39 is 29.7 Å². The van der Waals surface area contributed by atoms with Crippen LogP contribution in [0.1, 0.15) is 44.7 Å². The third-order valence-corrected chi connectivity index (χ3v) is 8.41. The van der Waals surface area contributed by atoms with Crippen LogP contribution in [0.2, 0.25) is 0 Å². The monoisotopic (exact) mass is 578 g/mol. The minimum atomic E-state index is -0.990. The van der Waals surface area contributed by atoms with Gasteiger partial charge in [0.1, 0.15) is 6.04 Å². The summed E-state index contributed by atoms with van der Waals surface area (Å²) in [5.74, 6) is -1.15. The number of imide groups is 2. The largest absolute Gasteiger partial charge is 0.380 e. The minimum Gasteiger partial charge on any atom is -0.380 e. The zero-order chi connectivity index (χ0) is 29.5. The predicted molar refractivity (Wildman–Crippen MR) is 158 cm³/mol. The molecule has 0 spiro atoms. The van der Waals surface area contributed by atoms with Crippen LogP contribution in [0.25, 0.3) is 11.0 Å². The molecule has 43 heavy (non-hydrogen) atoms. The maximum Gasteiger partial charge on any atom is 0.264 e. The van der Waals surface area contributed by atoms with Crippen LogP contribution in [-0.4, -0.2) is 70.8 Å². The van der Waals surface area contributed by atoms with E-state index in [1.165, 1.54) is 5.56 Å². The van der Waals surface area contributed by atoms with Crippen LogP contribution in [0.15, 0.2) is 71.3 Å². The van der Waals surface area contributed by atoms with Gasteiger partial charge in [-0.1, -0.05) is 47.6 Å². The molecule has 0 aliphatic carbocycles. The van der Waals surface area contributed by atoms with E-state index in [1.54, 1.807) is 18.2 Å². The highest BCUT2D eigenvalue weighted by Crippen LogP contribution is 2.33. The first-order valence-corrected chi connectivity index (χ1v) is 14.4. The van der Waals surface area contributed by atoms with Crippen molar-refractivity contribution < 1.29 is 23.7 Å². The van der Waals surface area contributed by atoms with Crippen LogP contribution < -0.4 is 15.5 Å². The fraction of sp³-hybridized carbons (Fsp3) is 0.281. The second-order valence-corrected chi connectivity index (χ2v) is 11.1. The van der Waals surface area contributed by atoms with Crippen LogP contribution in [0.4, 0.5) is 11.5 Å². The van der Waals surface area contributed by atoms with E-state index in [1.807, 2.05) is 24.3 Å². The molecule has 218 valence electrons. The van der Waals surface area contributed by atoms with Gasteiger partial charge in [0.15, 0.2) is 11.4 Å². The van der Waals surface area contributed by atoms with Crippen molar-refractivity contribution in [3.63, 3.8) is 0 Å². The van der Waals surface area contributed by atoms with E-state index in [9.17, 15) is 19.2 Å². The Morgan fingerprint density at radius 2 is 1.63 bits per heavy atom. The zero-order valence-electron chi connectivity index (χ0n) is 23.4. The summed E-state index contributed by atoms with van der Waals surface area (Å²) in [6.07, 6.45) is 0.209. The molecule has 11 nitrogen and oxygen atoms in total. The van der Waals surface area contributed by atoms with Gasteiger partial charge in [-0.15, -0.1) is 0 Å². The molecular formula is C32H30N6O5. The zero-order valence-corrected chi connectivity index (χ0v) is 23.4. The molecule has 3 aliphatic heterocycles. The van der Waals surface area contributed by atoms with Gasteiger partial charge in [-0.05, 0) is 41.8 Å². The molecule has 1 unspecified atom stereocenters. The summed E-state index contributed by atoms with van der Waals surface area (Å²) in [6, 6.07) is 20.4. The number of benzene rings is 3. The quantitative estimate of drug-likeness (QED) is 0.318. The number of rotatable bonds is 7. The highest BCUT2D eigenvalue weighted by molar-refractivity contribution is 6.25. The Morgan fingerprint density at radius 1 is 0.860 bits per heavy atom. The fourth-order valence-corrected chi connectivity index (χ4v) is 6.10. The Morgan fingerprint density at radius 3 is 2.42 bits per heavy atom. The van der Waals surface area contributed by atoms with E-state index in [0.717, 1.165) is 60.0 Å². The van der Waals surface area contributed by atoms with Gasteiger partial charge < -0.3 is 14.7 Å². The number of anilines is 2. The van der Waals surface area contributed by atoms with Crippen molar-refractivity contribution >= 4 is 46.1 Å². The first-order chi connectivity index (χ1) is 21.0. The number of carbonyl (C=O) groups excluding carboxylic acids is 4. The highest BCUT2D eigenvalue weighted by atomic mass is 16.5. The number of nitrogens with one attached hydrogen (secondary N) is 2. The van der Waals surface area contributed by atoms with Crippen molar-refractivity contribution in [2.24, 2.45) is 0 Å². The van der Waals surface area contributed by atoms with Gasteiger partial charge in [-0.3, -0.25) is 34.3 Å². The van der Waals surface area contributed by atoms with Crippen molar-refractivity contribution in [3.8, 4) is 0 Å². The van der Waals surface area contributed by atoms with E-state index >= 15 is 0 Å². The van der Waals surface area contributed by atoms with E-state index in [2.05, 4.69) is 49.9 Å². The molecule has 1 atom stereocenters. The molecule has 2 saturated heterocycles. The van der Waals surface area contributed by atoms with Crippen LogP contribution in [-0.2, 0) is 22.7 Å². The third kappa shape index (κ3) is 5.01. The standard InChI is InChI=1S/C32H30N6O5/c39-27-13-12-25(30(40)34-27)38-31(41)23-5-3-6-24(28(23)32(38)42)33-18-20-8-10-21(11-9-20)19-36-14-16-37(17-15-36)29-22-4-1-2-7-26(22)43-35-29/h1-11,25,33H,12-19H2,(H,34,39,40). The van der Waals surface area contributed by atoms with Crippen molar-refractivity contribution in [1.29, 1.82) is 0 Å². The van der Waals surface area contributed by atoms with Crippen molar-refractivity contribution in [1.82, 2.24) is 20.3 Å². The molecule has 3 aliphatic rings. The average molecular weight is 579 g/mol. The number of para-hydroxylation sites is 1. The average Bonchev–Trinajstić information content (AvgIpc) is 3.56. The molecule has 1 aromatic heterocycles. The lowest BCUT2D eigenvalue weighted by molar-refractivity contribution is -0.136. The third-order valence-electron chi connectivity index (χ3n) is 8.41. The molecule has 2 N–H and O–H groups in total. The van der Waals surface area contributed by atoms with Crippen LogP contribution in [0, 0.1) is 0 Å². The van der Waals surface area contributed by atoms with Crippen molar-refractivity contribution in [2.45, 2.75) is 32.0 Å². The maximum absolute atomic E-state index is 13.3. The SMILES string of the molecule is O=C1CCC(N2C(=O)c3cccc(NCc4ccc(CN5CCN(c6noc7ccccc67)CC5)cc4)c3C2=O)C(=O)N1. The first kappa shape index (κ1) is 26.8. The molecule has 2 fully saturated rings. The summed E-state index contributed by atoms with van der Waals surface area (Å²) in [5.41, 5.74) is 4.10. The summed E-state index contributed by atoms with van der Waals surface area (Å²) < 4.78 is 5.48. The van der Waals surface area contributed by atoms with Crippen LogP contribution in [0.5, 0.6) is 0 Å². The number of hydrogen-bond donors (Lipinski definition) is 2. The summed E-state index contributed by atoms with van der Waals surface area (Å²) in [4.78, 5) is 56.1. The minimum absolute atomic E-state index is 0.0846. The lowest BCUT2D eigenvalue weighted by Crippen LogP contribution is -2.54. The van der Waals surface area contributed by atoms with Gasteiger partial charge in [-0.2, -0.15) is 0 Å². The normalized spacial score (nSPS) is 19.2. The lowest BCUT2D eigenvalue weighted by atomic mass is 10.0. The van der Waals surface area contributed by atoms with Gasteiger partial charge in [0, 0.05) is 51.4 Å². The number of nitrogens with zero attached hydrogens (tertiary/aromatic N) is 4. The molecular weight excluding hydrogens is 548 g/mol. The van der Waals surface area contributed by atoms with Gasteiger partial charge >= 0.3 is 0 Å². The van der Waals surface area contributed by atoms with Gasteiger partial charge in [0.05, 0.1) is 16.5 Å². The summed E-state index contributed by atoms with van der Waals surface area (Å²) >= 11 is 0. The predicted octanol–water partition coefficient (Wildman–Crippen LogP) is 3.16. The van der Waals surface area contributed by atoms with Crippen molar-refractivity contribution in [3.05, 3.63) is 89.0 Å². The maximum atomic E-state index is 13.3. The number of hydrogen-bond acceptors (Lipinski definition) is 9. The molecule has 3 aromatic carbocycles. The first-order valence-electron chi connectivity index (χ1n) is 14.4. The molecule has 0 radical (unpaired) electrons. The molecule has 11 heteroatoms. The van der Waals surface area contributed by atoms with Crippen LogP contribution >= 0.6 is 0 Å². The Balaban J connectivity index is 0.957. The van der Waals surface area contributed by atoms with Gasteiger partial charge in [-0.25, -0.2) is 0 Å². The molecule has 4 aromatic rings. The Bertz CT molecular complexity index is 1740. The summed E-state index contributed by atoms with van der Waals surface area (Å²) in [5, 5.41) is 10.9. The topological polar surface area (TPSA) is 128 Å². The van der Waals surface area contributed by atoms with Gasteiger partial charge in [0.2, 0.25) is 11.8 Å². The molecule has 7 rings (SSSR count). The van der Waals surface area contributed by atoms with Crippen molar-refractivity contribution in [2.75, 3.05) is 36.4 Å². The Hall–Kier alpha value is -5.03. The molecule has 4 amide bonds. The number of fused-ring (bicyclic) bond motifs is 2. The molecule has 0 saturated carbocycles. The summed E-state index contributed by atoms with van der Waals surface area (Å²) in [7, 11) is 0. The number of piperidine rings is 1. The van der Waals surface area contributed by atoms with E-state index in [4.69, 9.17) is 4.52 Å². The number of carbonyl (C=O) groups is 4. The van der Waals surface area contributed by atoms with Crippen LogP contribution in [0.3, 0.4) is 0 Å². The lowest BCUT2D eigenvalue weighted by Gasteiger charge is -2.34. The number of aromatic nitrogens is 1. The summed E-state index contributed by atoms with van der Waals surface area (Å²) in [6.45, 7) is 4.91. The van der Waals surface area contributed by atoms with E-state index in [-0.39, 0.29) is 24.0 Å². The second kappa shape index (κ2) is 11.0. The number of piperazine rings is 1. The Kier molecular flexibility index (Phi) is 6.86.